The predicted molar refractivity (Wildman–Crippen MR) is 65.5 cm³/mol. The molecule has 14 heavy (non-hydrogen) atoms. The molecule has 0 aromatic rings. The Kier molecular flexibility index (Phi) is 6.38. The van der Waals surface area contributed by atoms with Crippen LogP contribution in [0.4, 0.5) is 0 Å². The van der Waals surface area contributed by atoms with Gasteiger partial charge in [-0.1, -0.05) is 12.8 Å². The Morgan fingerprint density at radius 2 is 1.64 bits per heavy atom. The molecule has 2 aliphatic rings. The number of hydrogen-bond donors (Lipinski definition) is 2. The monoisotopic (exact) mass is 240 g/mol. The molecule has 2 nitrogen and oxygen atoms in total. The Hall–Kier alpha value is 0.500. The van der Waals surface area contributed by atoms with Crippen LogP contribution in [-0.4, -0.2) is 19.1 Å². The smallest absolute Gasteiger partial charge is 0.00965 e. The highest BCUT2D eigenvalue weighted by Crippen LogP contribution is 2.42. The molecule has 1 aliphatic carbocycles. The van der Waals surface area contributed by atoms with Crippen molar-refractivity contribution in [2.45, 2.75) is 44.6 Å². The normalized spacial score (nSPS) is 30.2. The topological polar surface area (TPSA) is 38.0 Å². The minimum Gasteiger partial charge on any atom is -0.327 e. The third-order valence-electron chi connectivity index (χ3n) is 3.83. The highest BCUT2D eigenvalue weighted by molar-refractivity contribution is 5.85. The van der Waals surface area contributed by atoms with Gasteiger partial charge in [-0.3, -0.25) is 0 Å². The van der Waals surface area contributed by atoms with Crippen LogP contribution in [0.3, 0.4) is 0 Å². The van der Waals surface area contributed by atoms with Crippen molar-refractivity contribution < 1.29 is 0 Å². The minimum atomic E-state index is 0. The number of rotatable bonds is 0. The Morgan fingerprint density at radius 1 is 1.00 bits per heavy atom. The first-order valence-electron chi connectivity index (χ1n) is 5.30. The fraction of sp³-hybridized carbons (Fsp3) is 1.00. The van der Waals surface area contributed by atoms with Gasteiger partial charge in [-0.2, -0.15) is 0 Å². The fourth-order valence-corrected chi connectivity index (χ4v) is 2.88. The second-order valence-corrected chi connectivity index (χ2v) is 4.46. The van der Waals surface area contributed by atoms with Crippen LogP contribution in [0, 0.1) is 5.41 Å². The van der Waals surface area contributed by atoms with E-state index in [2.05, 4.69) is 5.32 Å². The van der Waals surface area contributed by atoms with E-state index in [4.69, 9.17) is 5.73 Å². The minimum absolute atomic E-state index is 0. The first kappa shape index (κ1) is 14.5. The number of hydrogen-bond acceptors (Lipinski definition) is 2. The van der Waals surface area contributed by atoms with E-state index in [1.807, 2.05) is 0 Å². The molecule has 0 aromatic heterocycles. The lowest BCUT2D eigenvalue weighted by atomic mass is 9.65. The van der Waals surface area contributed by atoms with Gasteiger partial charge in [0, 0.05) is 6.04 Å². The molecule has 1 spiro atoms. The third kappa shape index (κ3) is 2.75. The summed E-state index contributed by atoms with van der Waals surface area (Å²) in [5.74, 6) is 0. The second kappa shape index (κ2) is 6.16. The molecule has 3 N–H and O–H groups in total. The standard InChI is InChI=1S/C10H20N2.2ClH/c11-9-3-1-2-4-10(9)5-7-12-8-6-10;;/h9,12H,1-8,11H2;2*1H/t9-;;/m1../s1. The van der Waals surface area contributed by atoms with E-state index in [-0.39, 0.29) is 24.8 Å². The molecular weight excluding hydrogens is 219 g/mol. The number of nitrogens with one attached hydrogen (secondary N) is 1. The third-order valence-corrected chi connectivity index (χ3v) is 3.83. The summed E-state index contributed by atoms with van der Waals surface area (Å²) >= 11 is 0. The van der Waals surface area contributed by atoms with Crippen LogP contribution in [0.5, 0.6) is 0 Å². The fourth-order valence-electron chi connectivity index (χ4n) is 2.88. The van der Waals surface area contributed by atoms with Gasteiger partial charge in [0.05, 0.1) is 0 Å². The van der Waals surface area contributed by atoms with Gasteiger partial charge in [-0.05, 0) is 44.2 Å². The number of piperidine rings is 1. The van der Waals surface area contributed by atoms with Crippen LogP contribution >= 0.6 is 24.8 Å². The largest absolute Gasteiger partial charge is 0.327 e. The van der Waals surface area contributed by atoms with E-state index in [1.54, 1.807) is 0 Å². The van der Waals surface area contributed by atoms with Gasteiger partial charge in [0.15, 0.2) is 0 Å². The van der Waals surface area contributed by atoms with Crippen LogP contribution in [0.2, 0.25) is 0 Å². The van der Waals surface area contributed by atoms with Crippen LogP contribution in [0.1, 0.15) is 38.5 Å². The van der Waals surface area contributed by atoms with Gasteiger partial charge in [0.2, 0.25) is 0 Å². The molecule has 2 rings (SSSR count). The van der Waals surface area contributed by atoms with Crippen molar-refractivity contribution in [1.82, 2.24) is 5.32 Å². The Bertz CT molecular complexity index is 150. The van der Waals surface area contributed by atoms with Gasteiger partial charge in [0.1, 0.15) is 0 Å². The van der Waals surface area contributed by atoms with Gasteiger partial charge < -0.3 is 11.1 Å². The summed E-state index contributed by atoms with van der Waals surface area (Å²) in [7, 11) is 0. The molecule has 1 saturated heterocycles. The molecular formula is C10H22Cl2N2. The Balaban J connectivity index is 0.000000845. The summed E-state index contributed by atoms with van der Waals surface area (Å²) in [6.45, 7) is 2.38. The lowest BCUT2D eigenvalue weighted by molar-refractivity contribution is 0.105. The maximum Gasteiger partial charge on any atom is 0.00965 e. The highest BCUT2D eigenvalue weighted by atomic mass is 35.5. The van der Waals surface area contributed by atoms with Crippen LogP contribution in [0.15, 0.2) is 0 Å². The van der Waals surface area contributed by atoms with Crippen molar-refractivity contribution in [3.8, 4) is 0 Å². The average Bonchev–Trinajstić information content (AvgIpc) is 2.12. The summed E-state index contributed by atoms with van der Waals surface area (Å²) in [5, 5.41) is 3.42. The molecule has 1 heterocycles. The maximum atomic E-state index is 6.22. The summed E-state index contributed by atoms with van der Waals surface area (Å²) < 4.78 is 0. The lowest BCUT2D eigenvalue weighted by Crippen LogP contribution is -2.50. The molecule has 0 amide bonds. The number of halogens is 2. The SMILES string of the molecule is Cl.Cl.N[C@@H]1CCCCC12CCNCC2. The van der Waals surface area contributed by atoms with Crippen molar-refractivity contribution in [3.05, 3.63) is 0 Å². The maximum absolute atomic E-state index is 6.22. The summed E-state index contributed by atoms with van der Waals surface area (Å²) in [6, 6.07) is 0.494. The second-order valence-electron chi connectivity index (χ2n) is 4.46. The summed E-state index contributed by atoms with van der Waals surface area (Å²) in [5.41, 5.74) is 6.75. The van der Waals surface area contributed by atoms with Gasteiger partial charge in [0.25, 0.3) is 0 Å². The van der Waals surface area contributed by atoms with E-state index >= 15 is 0 Å². The Morgan fingerprint density at radius 3 is 2.21 bits per heavy atom. The van der Waals surface area contributed by atoms with E-state index < -0.39 is 0 Å². The zero-order chi connectivity index (χ0) is 8.44. The molecule has 0 radical (unpaired) electrons. The Labute approximate surface area is 99.2 Å². The van der Waals surface area contributed by atoms with E-state index in [1.165, 1.54) is 51.6 Å². The molecule has 86 valence electrons. The molecule has 2 fully saturated rings. The molecule has 1 atom stereocenters. The number of nitrogens with two attached hydrogens (primary N) is 1. The van der Waals surface area contributed by atoms with E-state index in [0.717, 1.165) is 0 Å². The zero-order valence-corrected chi connectivity index (χ0v) is 10.3. The summed E-state index contributed by atoms with van der Waals surface area (Å²) in [6.07, 6.45) is 8.04. The van der Waals surface area contributed by atoms with E-state index in [0.29, 0.717) is 11.5 Å². The van der Waals surface area contributed by atoms with Crippen LogP contribution in [0.25, 0.3) is 0 Å². The van der Waals surface area contributed by atoms with Crippen molar-refractivity contribution >= 4 is 24.8 Å². The first-order chi connectivity index (χ1) is 5.83. The van der Waals surface area contributed by atoms with Crippen molar-refractivity contribution in [3.63, 3.8) is 0 Å². The zero-order valence-electron chi connectivity index (χ0n) is 8.63. The quantitative estimate of drug-likeness (QED) is 0.681. The lowest BCUT2D eigenvalue weighted by Gasteiger charge is -2.45. The van der Waals surface area contributed by atoms with Crippen molar-refractivity contribution in [2.24, 2.45) is 11.1 Å². The van der Waals surface area contributed by atoms with Crippen molar-refractivity contribution in [2.75, 3.05) is 13.1 Å². The van der Waals surface area contributed by atoms with Crippen molar-refractivity contribution in [1.29, 1.82) is 0 Å². The molecule has 0 bridgehead atoms. The predicted octanol–water partition coefficient (Wildman–Crippen LogP) is 2.10. The molecule has 0 unspecified atom stereocenters. The first-order valence-corrected chi connectivity index (χ1v) is 5.30. The van der Waals surface area contributed by atoms with Gasteiger partial charge in [-0.15, -0.1) is 24.8 Å². The molecule has 1 saturated carbocycles. The van der Waals surface area contributed by atoms with Gasteiger partial charge in [-0.25, -0.2) is 0 Å². The summed E-state index contributed by atoms with van der Waals surface area (Å²) in [4.78, 5) is 0. The van der Waals surface area contributed by atoms with Gasteiger partial charge >= 0.3 is 0 Å². The average molecular weight is 241 g/mol. The van der Waals surface area contributed by atoms with E-state index in [9.17, 15) is 0 Å². The van der Waals surface area contributed by atoms with Crippen LogP contribution < -0.4 is 11.1 Å². The molecule has 0 aromatic carbocycles. The molecule has 4 heteroatoms. The molecule has 1 aliphatic heterocycles. The highest BCUT2D eigenvalue weighted by Gasteiger charge is 2.39. The van der Waals surface area contributed by atoms with Crippen LogP contribution in [-0.2, 0) is 0 Å².